The van der Waals surface area contributed by atoms with E-state index in [1.54, 1.807) is 12.1 Å². The van der Waals surface area contributed by atoms with Crippen molar-refractivity contribution in [1.29, 1.82) is 0 Å². The Bertz CT molecular complexity index is 836. The van der Waals surface area contributed by atoms with Gasteiger partial charge < -0.3 is 14.7 Å². The third-order valence-electron chi connectivity index (χ3n) is 4.25. The normalized spacial score (nSPS) is 14.1. The molecule has 0 aliphatic carbocycles. The number of hydrogen-bond acceptors (Lipinski definition) is 3. The lowest BCUT2D eigenvalue weighted by atomic mass is 10.1. The first-order valence-electron chi connectivity index (χ1n) is 8.37. The monoisotopic (exact) mass is 376 g/mol. The second-order valence-corrected chi connectivity index (χ2v) is 6.07. The molecular weight excluding hydrogens is 358 g/mol. The summed E-state index contributed by atoms with van der Waals surface area (Å²) in [5.41, 5.74) is 0.679. The Morgan fingerprint density at radius 1 is 1.07 bits per heavy atom. The molecule has 8 heteroatoms. The minimum absolute atomic E-state index is 0.0125. The molecule has 2 amide bonds. The zero-order valence-electron chi connectivity index (χ0n) is 14.4. The lowest BCUT2D eigenvalue weighted by molar-refractivity contribution is 0.0547. The van der Waals surface area contributed by atoms with E-state index in [0.29, 0.717) is 31.9 Å². The van der Waals surface area contributed by atoms with Gasteiger partial charge in [0.1, 0.15) is 11.6 Å². The molecule has 1 aliphatic rings. The summed E-state index contributed by atoms with van der Waals surface area (Å²) in [5.74, 6) is -2.65. The molecule has 0 unspecified atom stereocenters. The number of amides is 2. The number of carboxylic acid groups (broad SMARTS) is 1. The van der Waals surface area contributed by atoms with Crippen molar-refractivity contribution in [2.45, 2.75) is 6.54 Å². The summed E-state index contributed by atoms with van der Waals surface area (Å²) >= 11 is 0. The Balaban J connectivity index is 1.91. The van der Waals surface area contributed by atoms with Gasteiger partial charge in [-0.3, -0.25) is 4.90 Å². The van der Waals surface area contributed by atoms with E-state index in [2.05, 4.69) is 0 Å². The van der Waals surface area contributed by atoms with Gasteiger partial charge in [0.15, 0.2) is 0 Å². The van der Waals surface area contributed by atoms with Gasteiger partial charge in [0, 0.05) is 19.2 Å². The van der Waals surface area contributed by atoms with E-state index in [0.717, 1.165) is 12.1 Å². The van der Waals surface area contributed by atoms with E-state index in [1.807, 2.05) is 0 Å². The summed E-state index contributed by atoms with van der Waals surface area (Å²) in [4.78, 5) is 26.7. The van der Waals surface area contributed by atoms with Crippen molar-refractivity contribution in [3.8, 4) is 0 Å². The van der Waals surface area contributed by atoms with Gasteiger partial charge in [0.25, 0.3) is 0 Å². The number of carbonyl (C=O) groups is 2. The summed E-state index contributed by atoms with van der Waals surface area (Å²) < 4.78 is 32.9. The molecular formula is C19H18F2N2O4. The van der Waals surface area contributed by atoms with E-state index >= 15 is 0 Å². The van der Waals surface area contributed by atoms with Crippen LogP contribution in [0.2, 0.25) is 0 Å². The zero-order valence-corrected chi connectivity index (χ0v) is 14.4. The molecule has 1 fully saturated rings. The predicted octanol–water partition coefficient (Wildman–Crippen LogP) is 3.12. The van der Waals surface area contributed by atoms with E-state index < -0.39 is 23.6 Å². The van der Waals surface area contributed by atoms with Crippen molar-refractivity contribution in [3.05, 3.63) is 65.2 Å². The summed E-state index contributed by atoms with van der Waals surface area (Å²) in [5, 5.41) is 8.99. The largest absolute Gasteiger partial charge is 0.478 e. The van der Waals surface area contributed by atoms with Crippen LogP contribution in [0, 0.1) is 11.6 Å². The zero-order chi connectivity index (χ0) is 19.4. The molecule has 0 bridgehead atoms. The topological polar surface area (TPSA) is 70.1 Å². The van der Waals surface area contributed by atoms with Gasteiger partial charge in [-0.05, 0) is 29.8 Å². The second kappa shape index (κ2) is 8.13. The van der Waals surface area contributed by atoms with Gasteiger partial charge in [0.05, 0.1) is 31.0 Å². The van der Waals surface area contributed by atoms with Crippen LogP contribution in [-0.2, 0) is 11.3 Å². The molecule has 0 atom stereocenters. The Morgan fingerprint density at radius 3 is 2.33 bits per heavy atom. The molecule has 27 heavy (non-hydrogen) atoms. The molecule has 1 aliphatic heterocycles. The third kappa shape index (κ3) is 4.40. The average Bonchev–Trinajstić information content (AvgIpc) is 2.67. The maximum absolute atomic E-state index is 14.3. The standard InChI is InChI=1S/C19H18F2N2O4/c20-15-5-6-17(16(21)11-15)23(19(26)22-7-9-27-10-8-22)12-13-1-3-14(4-2-13)18(24)25/h1-6,11H,7-10,12H2,(H,24,25). The van der Waals surface area contributed by atoms with Crippen LogP contribution in [0.3, 0.4) is 0 Å². The summed E-state index contributed by atoms with van der Waals surface area (Å²) in [6, 6.07) is 8.55. The first kappa shape index (κ1) is 18.8. The highest BCUT2D eigenvalue weighted by molar-refractivity contribution is 5.92. The van der Waals surface area contributed by atoms with Crippen LogP contribution in [0.1, 0.15) is 15.9 Å². The number of carboxylic acids is 1. The lowest BCUT2D eigenvalue weighted by Gasteiger charge is -2.33. The maximum Gasteiger partial charge on any atom is 0.335 e. The minimum Gasteiger partial charge on any atom is -0.478 e. The van der Waals surface area contributed by atoms with Crippen LogP contribution in [-0.4, -0.2) is 48.3 Å². The maximum atomic E-state index is 14.3. The van der Waals surface area contributed by atoms with Gasteiger partial charge in [-0.1, -0.05) is 12.1 Å². The van der Waals surface area contributed by atoms with Crippen LogP contribution in [0.5, 0.6) is 0 Å². The Kier molecular flexibility index (Phi) is 5.66. The molecule has 142 valence electrons. The fourth-order valence-electron chi connectivity index (χ4n) is 2.82. The summed E-state index contributed by atoms with van der Waals surface area (Å²) in [7, 11) is 0. The van der Waals surface area contributed by atoms with Gasteiger partial charge in [-0.25, -0.2) is 18.4 Å². The van der Waals surface area contributed by atoms with Crippen LogP contribution in [0.4, 0.5) is 19.3 Å². The quantitative estimate of drug-likeness (QED) is 0.890. The lowest BCUT2D eigenvalue weighted by Crippen LogP contribution is -2.48. The average molecular weight is 376 g/mol. The highest BCUT2D eigenvalue weighted by Gasteiger charge is 2.26. The number of urea groups is 1. The number of rotatable bonds is 4. The van der Waals surface area contributed by atoms with Crippen molar-refractivity contribution < 1.29 is 28.2 Å². The number of halogens is 2. The second-order valence-electron chi connectivity index (χ2n) is 6.07. The summed E-state index contributed by atoms with van der Waals surface area (Å²) in [6.45, 7) is 1.53. The van der Waals surface area contributed by atoms with Gasteiger partial charge >= 0.3 is 12.0 Å². The summed E-state index contributed by atoms with van der Waals surface area (Å²) in [6.07, 6.45) is 0. The number of carbonyl (C=O) groups excluding carboxylic acids is 1. The van der Waals surface area contributed by atoms with Gasteiger partial charge in [0.2, 0.25) is 0 Å². The number of nitrogens with zero attached hydrogens (tertiary/aromatic N) is 2. The van der Waals surface area contributed by atoms with Crippen molar-refractivity contribution in [2.24, 2.45) is 0 Å². The van der Waals surface area contributed by atoms with Crippen molar-refractivity contribution in [1.82, 2.24) is 4.90 Å². The number of morpholine rings is 1. The molecule has 1 N–H and O–H groups in total. The van der Waals surface area contributed by atoms with E-state index in [9.17, 15) is 18.4 Å². The van der Waals surface area contributed by atoms with Crippen molar-refractivity contribution in [3.63, 3.8) is 0 Å². The van der Waals surface area contributed by atoms with Crippen LogP contribution < -0.4 is 4.90 Å². The fraction of sp³-hybridized carbons (Fsp3) is 0.263. The molecule has 3 rings (SSSR count). The first-order chi connectivity index (χ1) is 13.0. The molecule has 0 spiro atoms. The highest BCUT2D eigenvalue weighted by Crippen LogP contribution is 2.24. The number of hydrogen-bond donors (Lipinski definition) is 1. The minimum atomic E-state index is -1.06. The number of ether oxygens (including phenoxy) is 1. The van der Waals surface area contributed by atoms with Crippen molar-refractivity contribution in [2.75, 3.05) is 31.2 Å². The van der Waals surface area contributed by atoms with Gasteiger partial charge in [-0.2, -0.15) is 0 Å². The predicted molar refractivity (Wildman–Crippen MR) is 93.7 cm³/mol. The molecule has 0 saturated carbocycles. The van der Waals surface area contributed by atoms with E-state index in [1.165, 1.54) is 28.0 Å². The molecule has 1 saturated heterocycles. The van der Waals surface area contributed by atoms with Crippen LogP contribution in [0.15, 0.2) is 42.5 Å². The van der Waals surface area contributed by atoms with Gasteiger partial charge in [-0.15, -0.1) is 0 Å². The van der Waals surface area contributed by atoms with Crippen LogP contribution >= 0.6 is 0 Å². The Morgan fingerprint density at radius 2 is 1.74 bits per heavy atom. The molecule has 6 nitrogen and oxygen atoms in total. The van der Waals surface area contributed by atoms with Crippen molar-refractivity contribution >= 4 is 17.7 Å². The molecule has 2 aromatic rings. The fourth-order valence-corrected chi connectivity index (χ4v) is 2.82. The highest BCUT2D eigenvalue weighted by atomic mass is 19.1. The Hall–Kier alpha value is -3.00. The third-order valence-corrected chi connectivity index (χ3v) is 4.25. The molecule has 0 aromatic heterocycles. The molecule has 1 heterocycles. The van der Waals surface area contributed by atoms with E-state index in [4.69, 9.17) is 9.84 Å². The van der Waals surface area contributed by atoms with Crippen LogP contribution in [0.25, 0.3) is 0 Å². The smallest absolute Gasteiger partial charge is 0.335 e. The first-order valence-corrected chi connectivity index (χ1v) is 8.37. The molecule has 2 aromatic carbocycles. The number of benzene rings is 2. The molecule has 0 radical (unpaired) electrons. The SMILES string of the molecule is O=C(O)c1ccc(CN(C(=O)N2CCOCC2)c2ccc(F)cc2F)cc1. The number of anilines is 1. The number of aromatic carboxylic acids is 1. The van der Waals surface area contributed by atoms with E-state index in [-0.39, 0.29) is 17.8 Å². The Labute approximate surface area is 154 Å².